The maximum absolute atomic E-state index is 12.0. The number of amides is 1. The second kappa shape index (κ2) is 4.75. The van der Waals surface area contributed by atoms with Gasteiger partial charge >= 0.3 is 5.97 Å². The Hall–Kier alpha value is -1.56. The number of carboxylic acids is 1. The van der Waals surface area contributed by atoms with Crippen molar-refractivity contribution in [2.24, 2.45) is 0 Å². The van der Waals surface area contributed by atoms with Crippen molar-refractivity contribution in [2.75, 3.05) is 14.2 Å². The zero-order valence-electron chi connectivity index (χ0n) is 10.2. The topological polar surface area (TPSA) is 66.8 Å². The Morgan fingerprint density at radius 2 is 2.06 bits per heavy atom. The molecule has 1 rings (SSSR count). The average Bonchev–Trinajstić information content (AvgIpc) is 2.75. The molecule has 1 N–H and O–H groups in total. The summed E-state index contributed by atoms with van der Waals surface area (Å²) < 4.78 is 4.98. The van der Waals surface area contributed by atoms with Crippen LogP contribution >= 0.6 is 11.3 Å². The monoisotopic (exact) mass is 257 g/mol. The van der Waals surface area contributed by atoms with Crippen LogP contribution in [0.3, 0.4) is 0 Å². The van der Waals surface area contributed by atoms with E-state index in [1.165, 1.54) is 44.2 Å². The number of thiophene rings is 1. The van der Waals surface area contributed by atoms with Gasteiger partial charge in [-0.05, 0) is 13.8 Å². The molecule has 1 amide bonds. The summed E-state index contributed by atoms with van der Waals surface area (Å²) in [5.41, 5.74) is -1.24. The van der Waals surface area contributed by atoms with Crippen LogP contribution in [0.5, 0.6) is 5.75 Å². The number of likely N-dealkylation sites (N-methyl/N-ethyl adjacent to an activating group) is 1. The Bertz CT molecular complexity index is 438. The van der Waals surface area contributed by atoms with E-state index in [1.807, 2.05) is 0 Å². The summed E-state index contributed by atoms with van der Waals surface area (Å²) in [6.45, 7) is 2.97. The number of nitrogens with zero attached hydrogens (tertiary/aromatic N) is 1. The maximum atomic E-state index is 12.0. The lowest BCUT2D eigenvalue weighted by molar-refractivity contribution is -0.147. The van der Waals surface area contributed by atoms with Crippen LogP contribution < -0.4 is 4.74 Å². The maximum Gasteiger partial charge on any atom is 0.329 e. The Morgan fingerprint density at radius 3 is 2.47 bits per heavy atom. The molecule has 1 aromatic rings. The van der Waals surface area contributed by atoms with Crippen molar-refractivity contribution in [1.82, 2.24) is 4.90 Å². The molecule has 17 heavy (non-hydrogen) atoms. The molecule has 6 heteroatoms. The number of methoxy groups -OCH3 is 1. The SMILES string of the molecule is COc1csc(C(=O)N(C)C(C)(C)C(=O)O)c1. The third-order valence-corrected chi connectivity index (χ3v) is 3.58. The number of carbonyl (C=O) groups excluding carboxylic acids is 1. The normalized spacial score (nSPS) is 11.1. The second-order valence-electron chi connectivity index (χ2n) is 4.08. The first-order valence-corrected chi connectivity index (χ1v) is 5.82. The van der Waals surface area contributed by atoms with Gasteiger partial charge in [-0.15, -0.1) is 11.3 Å². The molecule has 0 fully saturated rings. The molecule has 0 saturated heterocycles. The number of ether oxygens (including phenoxy) is 1. The first-order valence-electron chi connectivity index (χ1n) is 4.94. The lowest BCUT2D eigenvalue weighted by Gasteiger charge is -2.31. The lowest BCUT2D eigenvalue weighted by atomic mass is 10.0. The van der Waals surface area contributed by atoms with Crippen LogP contribution in [0, 0.1) is 0 Å². The molecule has 0 bridgehead atoms. The van der Waals surface area contributed by atoms with E-state index in [1.54, 1.807) is 11.4 Å². The van der Waals surface area contributed by atoms with Gasteiger partial charge in [0.2, 0.25) is 0 Å². The van der Waals surface area contributed by atoms with Gasteiger partial charge in [0.05, 0.1) is 12.0 Å². The summed E-state index contributed by atoms with van der Waals surface area (Å²) in [5.74, 6) is -0.776. The molecule has 1 heterocycles. The van der Waals surface area contributed by atoms with Crippen molar-refractivity contribution in [3.8, 4) is 5.75 Å². The van der Waals surface area contributed by atoms with Crippen LogP contribution in [0.1, 0.15) is 23.5 Å². The molecule has 0 aliphatic rings. The van der Waals surface area contributed by atoms with Gasteiger partial charge in [-0.3, -0.25) is 4.79 Å². The Balaban J connectivity index is 2.94. The summed E-state index contributed by atoms with van der Waals surface area (Å²) in [7, 11) is 2.99. The Morgan fingerprint density at radius 1 is 1.47 bits per heavy atom. The van der Waals surface area contributed by atoms with Crippen molar-refractivity contribution in [2.45, 2.75) is 19.4 Å². The van der Waals surface area contributed by atoms with Crippen LogP contribution in [-0.2, 0) is 4.79 Å². The third kappa shape index (κ3) is 2.58. The van der Waals surface area contributed by atoms with Gasteiger partial charge in [0.15, 0.2) is 0 Å². The van der Waals surface area contributed by atoms with E-state index in [0.717, 1.165) is 0 Å². The van der Waals surface area contributed by atoms with Gasteiger partial charge in [-0.25, -0.2) is 4.79 Å². The molecule has 94 valence electrons. The highest BCUT2D eigenvalue weighted by Crippen LogP contribution is 2.24. The van der Waals surface area contributed by atoms with Gasteiger partial charge in [0, 0.05) is 18.5 Å². The highest BCUT2D eigenvalue weighted by molar-refractivity contribution is 7.12. The van der Waals surface area contributed by atoms with Crippen LogP contribution in [0.2, 0.25) is 0 Å². The minimum absolute atomic E-state index is 0.328. The summed E-state index contributed by atoms with van der Waals surface area (Å²) in [4.78, 5) is 24.8. The van der Waals surface area contributed by atoms with Gasteiger partial charge in [-0.2, -0.15) is 0 Å². The third-order valence-electron chi connectivity index (χ3n) is 2.69. The second-order valence-corrected chi connectivity index (χ2v) is 4.99. The molecule has 0 saturated carbocycles. The van der Waals surface area contributed by atoms with E-state index in [9.17, 15) is 9.59 Å². The number of rotatable bonds is 4. The zero-order chi connectivity index (χ0) is 13.2. The number of carboxylic acid groups (broad SMARTS) is 1. The largest absolute Gasteiger partial charge is 0.496 e. The molecule has 0 atom stereocenters. The molecule has 0 radical (unpaired) electrons. The fourth-order valence-corrected chi connectivity index (χ4v) is 1.93. The fraction of sp³-hybridized carbons (Fsp3) is 0.455. The number of carbonyl (C=O) groups is 2. The van der Waals surface area contributed by atoms with E-state index < -0.39 is 11.5 Å². The first-order chi connectivity index (χ1) is 7.80. The molecule has 0 unspecified atom stereocenters. The van der Waals surface area contributed by atoms with E-state index in [-0.39, 0.29) is 5.91 Å². The van der Waals surface area contributed by atoms with Gasteiger partial charge in [0.1, 0.15) is 11.3 Å². The average molecular weight is 257 g/mol. The van der Waals surface area contributed by atoms with Gasteiger partial charge in [0.25, 0.3) is 5.91 Å². The molecule has 0 aliphatic heterocycles. The van der Waals surface area contributed by atoms with Crippen LogP contribution in [0.15, 0.2) is 11.4 Å². The quantitative estimate of drug-likeness (QED) is 0.891. The number of aliphatic carboxylic acids is 1. The van der Waals surface area contributed by atoms with Crippen LogP contribution in [-0.4, -0.2) is 41.6 Å². The summed E-state index contributed by atoms with van der Waals surface area (Å²) in [6.07, 6.45) is 0. The van der Waals surface area contributed by atoms with Gasteiger partial charge in [-0.1, -0.05) is 0 Å². The van der Waals surface area contributed by atoms with Crippen molar-refractivity contribution in [1.29, 1.82) is 0 Å². The molecule has 0 spiro atoms. The molecular formula is C11H15NO4S. The van der Waals surface area contributed by atoms with Crippen LogP contribution in [0.4, 0.5) is 0 Å². The van der Waals surface area contributed by atoms with Crippen molar-refractivity contribution in [3.63, 3.8) is 0 Å². The molecule has 0 aliphatic carbocycles. The first kappa shape index (κ1) is 13.5. The predicted molar refractivity (Wildman–Crippen MR) is 64.7 cm³/mol. The fourth-order valence-electron chi connectivity index (χ4n) is 1.10. The number of hydrogen-bond acceptors (Lipinski definition) is 4. The molecule has 5 nitrogen and oxygen atoms in total. The predicted octanol–water partition coefficient (Wildman–Crippen LogP) is 1.69. The molecule has 0 aromatic carbocycles. The summed E-state index contributed by atoms with van der Waals surface area (Å²) >= 11 is 1.23. The Labute approximate surface area is 104 Å². The standard InChI is InChI=1S/C11H15NO4S/c1-11(2,10(14)15)12(3)9(13)8-5-7(16-4)6-17-8/h5-6H,1-4H3,(H,14,15). The summed E-state index contributed by atoms with van der Waals surface area (Å²) in [6, 6.07) is 1.60. The van der Waals surface area contributed by atoms with E-state index in [4.69, 9.17) is 9.84 Å². The molecular weight excluding hydrogens is 242 g/mol. The molecule has 1 aromatic heterocycles. The minimum Gasteiger partial charge on any atom is -0.496 e. The van der Waals surface area contributed by atoms with Crippen LogP contribution in [0.25, 0.3) is 0 Å². The number of hydrogen-bond donors (Lipinski definition) is 1. The highest BCUT2D eigenvalue weighted by atomic mass is 32.1. The smallest absolute Gasteiger partial charge is 0.329 e. The minimum atomic E-state index is -1.24. The Kier molecular flexibility index (Phi) is 3.77. The zero-order valence-corrected chi connectivity index (χ0v) is 11.0. The lowest BCUT2D eigenvalue weighted by Crippen LogP contribution is -2.50. The van der Waals surface area contributed by atoms with Crippen molar-refractivity contribution >= 4 is 23.2 Å². The van der Waals surface area contributed by atoms with Crippen molar-refractivity contribution < 1.29 is 19.4 Å². The van der Waals surface area contributed by atoms with Crippen molar-refractivity contribution in [3.05, 3.63) is 16.3 Å². The van der Waals surface area contributed by atoms with E-state index in [2.05, 4.69) is 0 Å². The summed E-state index contributed by atoms with van der Waals surface area (Å²) in [5, 5.41) is 10.7. The van der Waals surface area contributed by atoms with E-state index in [0.29, 0.717) is 10.6 Å². The van der Waals surface area contributed by atoms with Gasteiger partial charge < -0.3 is 14.7 Å². The van der Waals surface area contributed by atoms with E-state index >= 15 is 0 Å². The highest BCUT2D eigenvalue weighted by Gasteiger charge is 2.36.